The molecule has 1 atom stereocenters. The van der Waals surface area contributed by atoms with Gasteiger partial charge in [-0.15, -0.1) is 0 Å². The van der Waals surface area contributed by atoms with Gasteiger partial charge in [0.15, 0.2) is 11.0 Å². The molecule has 1 unspecified atom stereocenters. The Labute approximate surface area is 107 Å². The summed E-state index contributed by atoms with van der Waals surface area (Å²) in [6.07, 6.45) is 8.74. The smallest absolute Gasteiger partial charge is 0.294 e. The van der Waals surface area contributed by atoms with Crippen LogP contribution in [0.4, 0.5) is 13.2 Å². The Kier molecular flexibility index (Phi) is 6.66. The SMILES string of the molecule is C[S+](C)C1CCCCC1=O.O=S(=O)(O)C(F)(F)F. The highest BCUT2D eigenvalue weighted by Crippen LogP contribution is 2.21. The highest BCUT2D eigenvalue weighted by Gasteiger charge is 2.44. The van der Waals surface area contributed by atoms with Crippen LogP contribution in [0.2, 0.25) is 0 Å². The van der Waals surface area contributed by atoms with Crippen LogP contribution in [-0.4, -0.2) is 42.0 Å². The molecule has 1 aliphatic carbocycles. The van der Waals surface area contributed by atoms with Crippen LogP contribution in [0.3, 0.4) is 0 Å². The zero-order valence-corrected chi connectivity index (χ0v) is 11.7. The van der Waals surface area contributed by atoms with Crippen LogP contribution in [-0.2, 0) is 25.8 Å². The average Bonchev–Trinajstić information content (AvgIpc) is 2.15. The third-order valence-corrected chi connectivity index (χ3v) is 4.58. The van der Waals surface area contributed by atoms with E-state index in [1.165, 1.54) is 6.42 Å². The zero-order valence-electron chi connectivity index (χ0n) is 10.0. The number of hydrogen-bond donors (Lipinski definition) is 1. The minimum Gasteiger partial charge on any atom is -0.294 e. The number of rotatable bonds is 1. The van der Waals surface area contributed by atoms with Crippen molar-refractivity contribution in [3.8, 4) is 0 Å². The second kappa shape index (κ2) is 6.76. The van der Waals surface area contributed by atoms with E-state index in [1.807, 2.05) is 0 Å². The van der Waals surface area contributed by atoms with Gasteiger partial charge in [0.25, 0.3) is 0 Å². The minimum atomic E-state index is -5.84. The third kappa shape index (κ3) is 6.05. The monoisotopic (exact) mass is 309 g/mol. The van der Waals surface area contributed by atoms with Gasteiger partial charge < -0.3 is 0 Å². The lowest BCUT2D eigenvalue weighted by molar-refractivity contribution is -0.119. The van der Waals surface area contributed by atoms with Gasteiger partial charge in [-0.05, 0) is 23.7 Å². The molecule has 1 aliphatic rings. The van der Waals surface area contributed by atoms with E-state index >= 15 is 0 Å². The Balaban J connectivity index is 0.000000331. The number of ketones is 1. The van der Waals surface area contributed by atoms with Crippen LogP contribution < -0.4 is 0 Å². The highest BCUT2D eigenvalue weighted by molar-refractivity contribution is 7.96. The summed E-state index contributed by atoms with van der Waals surface area (Å²) in [6.45, 7) is 0. The first kappa shape index (κ1) is 17.7. The summed E-state index contributed by atoms with van der Waals surface area (Å²) in [4.78, 5) is 11.2. The van der Waals surface area contributed by atoms with Gasteiger partial charge in [0.1, 0.15) is 0 Å². The van der Waals surface area contributed by atoms with Gasteiger partial charge in [-0.1, -0.05) is 0 Å². The van der Waals surface area contributed by atoms with Gasteiger partial charge in [0, 0.05) is 12.8 Å². The van der Waals surface area contributed by atoms with Crippen LogP contribution in [0.15, 0.2) is 0 Å². The Bertz CT molecular complexity index is 376. The molecule has 0 aromatic heterocycles. The number of carbonyl (C=O) groups excluding carboxylic acids is 1. The van der Waals surface area contributed by atoms with Crippen molar-refractivity contribution in [3.05, 3.63) is 0 Å². The lowest BCUT2D eigenvalue weighted by atomic mass is 9.99. The summed E-state index contributed by atoms with van der Waals surface area (Å²) in [5, 5.41) is 0.411. The molecule has 0 spiro atoms. The molecule has 0 radical (unpaired) electrons. The topological polar surface area (TPSA) is 71.4 Å². The third-order valence-electron chi connectivity index (χ3n) is 2.36. The second-order valence-electron chi connectivity index (χ2n) is 4.00. The van der Waals surface area contributed by atoms with Crippen molar-refractivity contribution in [1.82, 2.24) is 0 Å². The van der Waals surface area contributed by atoms with Crippen molar-refractivity contribution >= 4 is 26.8 Å². The van der Waals surface area contributed by atoms with E-state index in [2.05, 4.69) is 12.5 Å². The molecule has 0 aromatic carbocycles. The van der Waals surface area contributed by atoms with Crippen molar-refractivity contribution in [3.63, 3.8) is 0 Å². The molecular weight excluding hydrogens is 293 g/mol. The van der Waals surface area contributed by atoms with E-state index in [-0.39, 0.29) is 0 Å². The quantitative estimate of drug-likeness (QED) is 0.455. The number of hydrogen-bond acceptors (Lipinski definition) is 3. The first-order valence-corrected chi connectivity index (χ1v) is 8.64. The molecule has 0 bridgehead atoms. The van der Waals surface area contributed by atoms with Crippen molar-refractivity contribution < 1.29 is 30.9 Å². The van der Waals surface area contributed by atoms with E-state index in [4.69, 9.17) is 13.0 Å². The molecule has 9 heteroatoms. The molecule has 1 rings (SSSR count). The number of alkyl halides is 3. The largest absolute Gasteiger partial charge is 0.522 e. The second-order valence-corrected chi connectivity index (χ2v) is 7.74. The summed E-state index contributed by atoms with van der Waals surface area (Å²) >= 11 is 0. The maximum Gasteiger partial charge on any atom is 0.522 e. The standard InChI is InChI=1S/C8H15OS.CHF3O3S/c1-10(2)8-6-4-3-5-7(8)9;2-1(3,4)8(5,6)7/h8H,3-6H2,1-2H3;(H,5,6,7)/q+1;. The number of halogens is 3. The molecule has 1 fully saturated rings. The Morgan fingerprint density at radius 1 is 1.28 bits per heavy atom. The molecule has 0 heterocycles. The number of Topliss-reactive ketones (excluding diaryl/α,β-unsaturated/α-hetero) is 1. The van der Waals surface area contributed by atoms with Gasteiger partial charge >= 0.3 is 15.6 Å². The van der Waals surface area contributed by atoms with E-state index in [1.54, 1.807) is 0 Å². The molecular formula is C9H16F3O4S2+. The maximum absolute atomic E-state index is 11.2. The van der Waals surface area contributed by atoms with Gasteiger partial charge in [0.05, 0.1) is 12.5 Å². The first-order valence-electron chi connectivity index (χ1n) is 5.09. The lowest BCUT2D eigenvalue weighted by Gasteiger charge is -2.16. The summed E-state index contributed by atoms with van der Waals surface area (Å²) in [7, 11) is -5.52. The summed E-state index contributed by atoms with van der Waals surface area (Å²) in [6, 6.07) is 0. The van der Waals surface area contributed by atoms with Gasteiger partial charge in [-0.2, -0.15) is 21.6 Å². The molecule has 1 saturated carbocycles. The molecule has 108 valence electrons. The van der Waals surface area contributed by atoms with Crippen LogP contribution in [0.1, 0.15) is 25.7 Å². The van der Waals surface area contributed by atoms with E-state index in [9.17, 15) is 18.0 Å². The predicted octanol–water partition coefficient (Wildman–Crippen LogP) is 1.77. The fraction of sp³-hybridized carbons (Fsp3) is 0.889. The van der Waals surface area contributed by atoms with E-state index < -0.39 is 15.6 Å². The fourth-order valence-corrected chi connectivity index (χ4v) is 2.73. The van der Waals surface area contributed by atoms with Crippen LogP contribution in [0.25, 0.3) is 0 Å². The van der Waals surface area contributed by atoms with Gasteiger partial charge in [0.2, 0.25) is 0 Å². The maximum atomic E-state index is 11.2. The molecule has 0 aromatic rings. The van der Waals surface area contributed by atoms with Crippen molar-refractivity contribution in [2.45, 2.75) is 36.4 Å². The van der Waals surface area contributed by atoms with Crippen LogP contribution >= 0.6 is 0 Å². The van der Waals surface area contributed by atoms with E-state index in [0.29, 0.717) is 21.9 Å². The molecule has 18 heavy (non-hydrogen) atoms. The fourth-order valence-electron chi connectivity index (χ4n) is 1.45. The lowest BCUT2D eigenvalue weighted by Crippen LogP contribution is -2.31. The zero-order chi connectivity index (χ0) is 14.6. The van der Waals surface area contributed by atoms with Gasteiger partial charge in [-0.25, -0.2) is 0 Å². The highest BCUT2D eigenvalue weighted by atomic mass is 32.2. The molecule has 1 N–H and O–H groups in total. The molecule has 0 amide bonds. The summed E-state index contributed by atoms with van der Waals surface area (Å²) < 4.78 is 57.5. The Morgan fingerprint density at radius 2 is 1.72 bits per heavy atom. The Morgan fingerprint density at radius 3 is 1.94 bits per heavy atom. The van der Waals surface area contributed by atoms with Crippen LogP contribution in [0, 0.1) is 0 Å². The normalized spacial score (nSPS) is 21.5. The Hall–Kier alpha value is -0.280. The predicted molar refractivity (Wildman–Crippen MR) is 64.1 cm³/mol. The van der Waals surface area contributed by atoms with Crippen molar-refractivity contribution in [2.24, 2.45) is 0 Å². The summed E-state index contributed by atoms with van der Waals surface area (Å²) in [5.41, 5.74) is -5.53. The molecule has 0 saturated heterocycles. The molecule has 0 aliphatic heterocycles. The van der Waals surface area contributed by atoms with Crippen molar-refractivity contribution in [1.29, 1.82) is 0 Å². The summed E-state index contributed by atoms with van der Waals surface area (Å²) in [5.74, 6) is 0.514. The molecule has 4 nitrogen and oxygen atoms in total. The van der Waals surface area contributed by atoms with Crippen LogP contribution in [0.5, 0.6) is 0 Å². The van der Waals surface area contributed by atoms with Crippen molar-refractivity contribution in [2.75, 3.05) is 12.5 Å². The number of carbonyl (C=O) groups is 1. The van der Waals surface area contributed by atoms with E-state index in [0.717, 1.165) is 19.3 Å². The first-order chi connectivity index (χ1) is 7.97. The average molecular weight is 309 g/mol. The van der Waals surface area contributed by atoms with Gasteiger partial charge in [-0.3, -0.25) is 9.35 Å². The minimum absolute atomic E-state index is 0.318.